The molecule has 2 saturated heterocycles. The molecule has 11 heteroatoms. The number of ether oxygens (including phenoxy) is 2. The van der Waals surface area contributed by atoms with Crippen LogP contribution in [0.5, 0.6) is 5.75 Å². The summed E-state index contributed by atoms with van der Waals surface area (Å²) in [7, 11) is 0. The molecule has 4 heterocycles. The average Bonchev–Trinajstić information content (AvgIpc) is 3.91. The quantitative estimate of drug-likeness (QED) is 0.294. The zero-order valence-corrected chi connectivity index (χ0v) is 27.9. The lowest BCUT2D eigenvalue weighted by molar-refractivity contribution is -0.159. The Bertz CT molecular complexity index is 1630. The minimum absolute atomic E-state index is 0.0368. The van der Waals surface area contributed by atoms with E-state index in [0.29, 0.717) is 75.5 Å². The number of carbonyl (C=O) groups is 4. The van der Waals surface area contributed by atoms with Gasteiger partial charge in [-0.1, -0.05) is 55.3 Å². The van der Waals surface area contributed by atoms with E-state index in [1.165, 1.54) is 11.3 Å². The monoisotopic (exact) mass is 670 g/mol. The van der Waals surface area contributed by atoms with Gasteiger partial charge in [0.05, 0.1) is 36.1 Å². The molecule has 10 nitrogen and oxygen atoms in total. The van der Waals surface area contributed by atoms with E-state index in [-0.39, 0.29) is 36.4 Å². The molecule has 1 aliphatic carbocycles. The van der Waals surface area contributed by atoms with E-state index in [0.717, 1.165) is 36.0 Å². The molecule has 48 heavy (non-hydrogen) atoms. The molecule has 0 unspecified atom stereocenters. The van der Waals surface area contributed by atoms with E-state index >= 15 is 0 Å². The highest BCUT2D eigenvalue weighted by molar-refractivity contribution is 7.11. The van der Waals surface area contributed by atoms with Crippen molar-refractivity contribution in [1.29, 1.82) is 0 Å². The van der Waals surface area contributed by atoms with Crippen molar-refractivity contribution in [3.8, 4) is 5.75 Å². The molecular formula is C37H42N4O6S. The van der Waals surface area contributed by atoms with Gasteiger partial charge in [0.25, 0.3) is 5.91 Å². The third-order valence-electron chi connectivity index (χ3n) is 10.3. The number of hydrogen-bond acceptors (Lipinski definition) is 8. The molecule has 252 valence electrons. The number of nitrogens with zero attached hydrogens (tertiary/aromatic N) is 4. The summed E-state index contributed by atoms with van der Waals surface area (Å²) in [6.07, 6.45) is 7.07. The van der Waals surface area contributed by atoms with Crippen LogP contribution >= 0.6 is 11.3 Å². The van der Waals surface area contributed by atoms with Crippen molar-refractivity contribution in [3.63, 3.8) is 0 Å². The van der Waals surface area contributed by atoms with Gasteiger partial charge in [0.2, 0.25) is 11.8 Å². The van der Waals surface area contributed by atoms with Crippen LogP contribution in [-0.4, -0.2) is 82.2 Å². The predicted molar refractivity (Wildman–Crippen MR) is 179 cm³/mol. The largest absolute Gasteiger partial charge is 0.488 e. The first kappa shape index (κ1) is 32.3. The lowest BCUT2D eigenvalue weighted by atomic mass is 9.77. The van der Waals surface area contributed by atoms with Gasteiger partial charge in [-0.3, -0.25) is 24.2 Å². The second kappa shape index (κ2) is 14.5. The molecule has 3 aromatic rings. The van der Waals surface area contributed by atoms with E-state index in [1.54, 1.807) is 11.7 Å². The number of aromatic nitrogens is 1. The maximum absolute atomic E-state index is 14.6. The first-order valence-electron chi connectivity index (χ1n) is 17.2. The maximum atomic E-state index is 14.6. The summed E-state index contributed by atoms with van der Waals surface area (Å²) in [6.45, 7) is 2.79. The molecule has 3 aliphatic heterocycles. The number of thiazole rings is 1. The van der Waals surface area contributed by atoms with Crippen molar-refractivity contribution in [2.75, 3.05) is 32.7 Å². The second-order valence-corrected chi connectivity index (χ2v) is 14.2. The minimum Gasteiger partial charge on any atom is -0.488 e. The number of esters is 1. The van der Waals surface area contributed by atoms with Gasteiger partial charge in [-0.2, -0.15) is 0 Å². The van der Waals surface area contributed by atoms with Gasteiger partial charge in [0.1, 0.15) is 23.3 Å². The maximum Gasteiger partial charge on any atom is 0.310 e. The molecule has 0 bridgehead atoms. The Hall–Kier alpha value is -4.25. The van der Waals surface area contributed by atoms with E-state index < -0.39 is 17.9 Å². The van der Waals surface area contributed by atoms with Crippen molar-refractivity contribution in [2.45, 2.75) is 70.1 Å². The highest BCUT2D eigenvalue weighted by Crippen LogP contribution is 2.42. The molecule has 1 saturated carbocycles. The number of benzene rings is 2. The highest BCUT2D eigenvalue weighted by Gasteiger charge is 2.44. The van der Waals surface area contributed by atoms with Crippen LogP contribution in [0.3, 0.4) is 0 Å². The minimum atomic E-state index is -0.502. The van der Waals surface area contributed by atoms with Gasteiger partial charge in [-0.25, -0.2) is 0 Å². The number of amides is 3. The number of fused-ring (bicyclic) bond motifs is 1. The summed E-state index contributed by atoms with van der Waals surface area (Å²) in [6, 6.07) is 15.2. The molecule has 4 aliphatic rings. The molecule has 3 amide bonds. The van der Waals surface area contributed by atoms with Gasteiger partial charge in [-0.05, 0) is 42.9 Å². The van der Waals surface area contributed by atoms with Crippen LogP contribution in [-0.2, 0) is 32.1 Å². The first-order chi connectivity index (χ1) is 23.5. The van der Waals surface area contributed by atoms with Gasteiger partial charge in [-0.15, -0.1) is 11.3 Å². The van der Waals surface area contributed by atoms with Crippen molar-refractivity contribution >= 4 is 35.0 Å². The SMILES string of the molecule is O=C(OCc1ccccc1)[C@H]1CCCC[C@H]1C(=O)N1CCc2cccc(O[C@H]3CCN(C(=O)c4cncs4)C3)c2[C@H]1CN1CCCC1=O. The van der Waals surface area contributed by atoms with Crippen LogP contribution in [0.4, 0.5) is 0 Å². The van der Waals surface area contributed by atoms with E-state index in [2.05, 4.69) is 11.1 Å². The fraction of sp³-hybridized carbons (Fsp3) is 0.486. The summed E-state index contributed by atoms with van der Waals surface area (Å²) in [5, 5.41) is 0. The zero-order valence-electron chi connectivity index (χ0n) is 27.1. The molecule has 0 radical (unpaired) electrons. The normalized spacial score (nSPS) is 24.0. The van der Waals surface area contributed by atoms with Crippen LogP contribution in [0, 0.1) is 11.8 Å². The summed E-state index contributed by atoms with van der Waals surface area (Å²) in [5.41, 5.74) is 4.61. The Labute approximate surface area is 285 Å². The van der Waals surface area contributed by atoms with E-state index in [4.69, 9.17) is 9.47 Å². The first-order valence-corrected chi connectivity index (χ1v) is 18.1. The van der Waals surface area contributed by atoms with Gasteiger partial charge in [0, 0.05) is 44.6 Å². The summed E-state index contributed by atoms with van der Waals surface area (Å²) in [4.78, 5) is 64.3. The molecule has 0 N–H and O–H groups in total. The van der Waals surface area contributed by atoms with Crippen molar-refractivity contribution in [1.82, 2.24) is 19.7 Å². The number of likely N-dealkylation sites (tertiary alicyclic amines) is 2. The molecule has 4 atom stereocenters. The summed E-state index contributed by atoms with van der Waals surface area (Å²) in [5.74, 6) is -0.585. The van der Waals surface area contributed by atoms with Crippen LogP contribution in [0.25, 0.3) is 0 Å². The van der Waals surface area contributed by atoms with Crippen LogP contribution in [0.15, 0.2) is 60.2 Å². The third kappa shape index (κ3) is 6.83. The Morgan fingerprint density at radius 1 is 0.896 bits per heavy atom. The summed E-state index contributed by atoms with van der Waals surface area (Å²) >= 11 is 1.33. The van der Waals surface area contributed by atoms with Gasteiger partial charge >= 0.3 is 5.97 Å². The van der Waals surface area contributed by atoms with Crippen LogP contribution < -0.4 is 4.74 Å². The van der Waals surface area contributed by atoms with Crippen LogP contribution in [0.2, 0.25) is 0 Å². The summed E-state index contributed by atoms with van der Waals surface area (Å²) < 4.78 is 12.4. The highest BCUT2D eigenvalue weighted by atomic mass is 32.1. The van der Waals surface area contributed by atoms with Gasteiger partial charge in [0.15, 0.2) is 0 Å². The Morgan fingerprint density at radius 3 is 2.50 bits per heavy atom. The molecule has 1 aromatic heterocycles. The van der Waals surface area contributed by atoms with Gasteiger partial charge < -0.3 is 24.2 Å². The fourth-order valence-electron chi connectivity index (χ4n) is 7.82. The molecule has 0 spiro atoms. The lowest BCUT2D eigenvalue weighted by Crippen LogP contribution is -2.50. The Morgan fingerprint density at radius 2 is 1.73 bits per heavy atom. The average molecular weight is 671 g/mol. The number of rotatable bonds is 9. The molecule has 3 fully saturated rings. The topological polar surface area (TPSA) is 109 Å². The second-order valence-electron chi connectivity index (χ2n) is 13.3. The van der Waals surface area contributed by atoms with Crippen molar-refractivity contribution in [2.24, 2.45) is 11.8 Å². The Balaban J connectivity index is 1.13. The number of hydrogen-bond donors (Lipinski definition) is 0. The smallest absolute Gasteiger partial charge is 0.310 e. The van der Waals surface area contributed by atoms with Crippen LogP contribution in [0.1, 0.15) is 77.3 Å². The zero-order chi connectivity index (χ0) is 33.0. The van der Waals surface area contributed by atoms with Crippen molar-refractivity contribution in [3.05, 3.63) is 81.8 Å². The van der Waals surface area contributed by atoms with E-state index in [9.17, 15) is 19.2 Å². The number of carbonyl (C=O) groups excluding carboxylic acids is 4. The standard InChI is InChI=1S/C37H42N4O6S/c42-33-14-7-17-39(33)22-30-34-26(10-6-13-31(34)47-27-16-18-40(21-27)36(44)32-20-38-24-48-32)15-19-41(30)35(43)28-11-4-5-12-29(28)37(45)46-23-25-8-2-1-3-9-25/h1-3,6,8-10,13,20,24,27-30H,4-5,7,11-12,14-19,21-23H2/t27-,28+,29-,30+/m0/s1. The van der Waals surface area contributed by atoms with E-state index in [1.807, 2.05) is 57.2 Å². The molecule has 7 rings (SSSR count). The Kier molecular flexibility index (Phi) is 9.74. The molecular weight excluding hydrogens is 628 g/mol. The van der Waals surface area contributed by atoms with Crippen molar-refractivity contribution < 1.29 is 28.7 Å². The lowest BCUT2D eigenvalue weighted by Gasteiger charge is -2.43. The molecule has 2 aromatic carbocycles. The third-order valence-corrected chi connectivity index (χ3v) is 11.1. The fourth-order valence-corrected chi connectivity index (χ4v) is 8.41. The predicted octanol–water partition coefficient (Wildman–Crippen LogP) is 5.03.